The fraction of sp³-hybridized carbons (Fsp3) is 0.800. The van der Waals surface area contributed by atoms with Crippen LogP contribution < -0.4 is 5.32 Å². The third-order valence-electron chi connectivity index (χ3n) is 3.76. The number of aryl methyl sites for hydroxylation is 2. The Morgan fingerprint density at radius 3 is 2.33 bits per heavy atom. The number of hydrogen-bond donors (Lipinski definition) is 1. The topological polar surface area (TPSA) is 64.0 Å². The van der Waals surface area contributed by atoms with Gasteiger partial charge in [0.25, 0.3) is 0 Å². The van der Waals surface area contributed by atoms with Gasteiger partial charge in [-0.3, -0.25) is 4.68 Å². The molecule has 1 N–H and O–H groups in total. The van der Waals surface area contributed by atoms with E-state index in [0.717, 1.165) is 24.4 Å². The Hall–Kier alpha value is -0.880. The fourth-order valence-corrected chi connectivity index (χ4v) is 3.15. The summed E-state index contributed by atoms with van der Waals surface area (Å²) in [6.07, 6.45) is 0.923. The molecule has 0 atom stereocenters. The van der Waals surface area contributed by atoms with Gasteiger partial charge >= 0.3 is 0 Å². The van der Waals surface area contributed by atoms with E-state index in [2.05, 4.69) is 24.3 Å². The second-order valence-corrected chi connectivity index (χ2v) is 8.82. The van der Waals surface area contributed by atoms with Crippen LogP contribution in [-0.2, 0) is 22.8 Å². The predicted molar refractivity (Wildman–Crippen MR) is 87.5 cm³/mol. The van der Waals surface area contributed by atoms with Gasteiger partial charge in [-0.25, -0.2) is 8.42 Å². The Kier molecular flexibility index (Phi) is 6.41. The van der Waals surface area contributed by atoms with Gasteiger partial charge in [0.05, 0.1) is 23.2 Å². The first-order valence-corrected chi connectivity index (χ1v) is 9.34. The first kappa shape index (κ1) is 18.2. The van der Waals surface area contributed by atoms with Gasteiger partial charge in [0.15, 0.2) is 9.84 Å². The number of nitrogens with zero attached hydrogens (tertiary/aromatic N) is 2. The minimum absolute atomic E-state index is 0.149. The minimum atomic E-state index is -3.02. The van der Waals surface area contributed by atoms with Gasteiger partial charge in [-0.05, 0) is 46.2 Å². The highest BCUT2D eigenvalue weighted by Gasteiger charge is 2.18. The molecular weight excluding hydrogens is 286 g/mol. The lowest BCUT2D eigenvalue weighted by molar-refractivity contribution is 0.568. The highest BCUT2D eigenvalue weighted by atomic mass is 32.2. The Labute approximate surface area is 129 Å². The molecule has 0 unspecified atom stereocenters. The van der Waals surface area contributed by atoms with E-state index in [-0.39, 0.29) is 11.0 Å². The van der Waals surface area contributed by atoms with Gasteiger partial charge in [0, 0.05) is 11.7 Å². The molecule has 0 aromatic carbocycles. The highest BCUT2D eigenvalue weighted by Crippen LogP contribution is 2.14. The molecular formula is C15H29N3O2S. The molecule has 0 bridgehead atoms. The van der Waals surface area contributed by atoms with Crippen LogP contribution in [0, 0.1) is 13.8 Å². The molecule has 0 spiro atoms. The van der Waals surface area contributed by atoms with Crippen LogP contribution in [0.4, 0.5) is 0 Å². The van der Waals surface area contributed by atoms with Gasteiger partial charge in [-0.1, -0.05) is 13.8 Å². The molecule has 0 amide bonds. The van der Waals surface area contributed by atoms with Crippen LogP contribution >= 0.6 is 0 Å². The van der Waals surface area contributed by atoms with Crippen molar-refractivity contribution in [2.45, 2.75) is 65.8 Å². The standard InChI is InChI=1S/C15H29N3O2S/c1-11(2)16-8-7-15-13(5)17-18(14(15)6)9-10-21(19,20)12(3)4/h11-12,16H,7-10H2,1-6H3. The van der Waals surface area contributed by atoms with E-state index < -0.39 is 9.84 Å². The molecule has 21 heavy (non-hydrogen) atoms. The predicted octanol–water partition coefficient (Wildman–Crippen LogP) is 1.86. The van der Waals surface area contributed by atoms with Crippen molar-refractivity contribution in [3.63, 3.8) is 0 Å². The summed E-state index contributed by atoms with van der Waals surface area (Å²) >= 11 is 0. The smallest absolute Gasteiger partial charge is 0.154 e. The van der Waals surface area contributed by atoms with Gasteiger partial charge in [0.2, 0.25) is 0 Å². The van der Waals surface area contributed by atoms with Crippen LogP contribution in [0.1, 0.15) is 44.6 Å². The molecule has 0 aliphatic rings. The van der Waals surface area contributed by atoms with Crippen LogP contribution in [-0.4, -0.2) is 41.8 Å². The summed E-state index contributed by atoms with van der Waals surface area (Å²) in [6, 6.07) is 0.469. The molecule has 0 aliphatic heterocycles. The minimum Gasteiger partial charge on any atom is -0.314 e. The van der Waals surface area contributed by atoms with Crippen molar-refractivity contribution in [3.05, 3.63) is 17.0 Å². The van der Waals surface area contributed by atoms with Crippen LogP contribution in [0.3, 0.4) is 0 Å². The number of aromatic nitrogens is 2. The maximum atomic E-state index is 11.9. The number of nitrogens with one attached hydrogen (secondary N) is 1. The van der Waals surface area contributed by atoms with E-state index in [0.29, 0.717) is 12.6 Å². The molecule has 0 aliphatic carbocycles. The van der Waals surface area contributed by atoms with Crippen molar-refractivity contribution in [2.75, 3.05) is 12.3 Å². The van der Waals surface area contributed by atoms with E-state index in [1.54, 1.807) is 13.8 Å². The molecule has 1 heterocycles. The lowest BCUT2D eigenvalue weighted by Crippen LogP contribution is -2.25. The highest BCUT2D eigenvalue weighted by molar-refractivity contribution is 7.91. The van der Waals surface area contributed by atoms with E-state index in [4.69, 9.17) is 0 Å². The van der Waals surface area contributed by atoms with E-state index in [1.165, 1.54) is 5.56 Å². The molecule has 5 nitrogen and oxygen atoms in total. The average molecular weight is 315 g/mol. The van der Waals surface area contributed by atoms with Crippen LogP contribution in [0.25, 0.3) is 0 Å². The zero-order valence-electron chi connectivity index (χ0n) is 14.1. The summed E-state index contributed by atoms with van der Waals surface area (Å²) < 4.78 is 25.6. The summed E-state index contributed by atoms with van der Waals surface area (Å²) in [5, 5.41) is 7.56. The molecule has 0 fully saturated rings. The Bertz CT molecular complexity index is 560. The van der Waals surface area contributed by atoms with Crippen molar-refractivity contribution < 1.29 is 8.42 Å². The monoisotopic (exact) mass is 315 g/mol. The second kappa shape index (κ2) is 7.40. The largest absolute Gasteiger partial charge is 0.314 e. The summed E-state index contributed by atoms with van der Waals surface area (Å²) in [5.41, 5.74) is 3.31. The lowest BCUT2D eigenvalue weighted by Gasteiger charge is -2.10. The van der Waals surface area contributed by atoms with Gasteiger partial charge < -0.3 is 5.32 Å². The lowest BCUT2D eigenvalue weighted by atomic mass is 10.1. The first-order chi connectivity index (χ1) is 9.65. The second-order valence-electron chi connectivity index (χ2n) is 6.15. The third-order valence-corrected chi connectivity index (χ3v) is 5.95. The van der Waals surface area contributed by atoms with Gasteiger partial charge in [-0.2, -0.15) is 5.10 Å². The zero-order valence-corrected chi connectivity index (χ0v) is 14.9. The van der Waals surface area contributed by atoms with Gasteiger partial charge in [0.1, 0.15) is 0 Å². The molecule has 1 rings (SSSR count). The Morgan fingerprint density at radius 2 is 1.81 bits per heavy atom. The first-order valence-electron chi connectivity index (χ1n) is 7.63. The van der Waals surface area contributed by atoms with Gasteiger partial charge in [-0.15, -0.1) is 0 Å². The van der Waals surface area contributed by atoms with Crippen LogP contribution in [0.5, 0.6) is 0 Å². The van der Waals surface area contributed by atoms with E-state index in [1.807, 2.05) is 18.5 Å². The molecule has 122 valence electrons. The van der Waals surface area contributed by atoms with Crippen molar-refractivity contribution in [1.82, 2.24) is 15.1 Å². The summed E-state index contributed by atoms with van der Waals surface area (Å²) in [7, 11) is -3.02. The van der Waals surface area contributed by atoms with Crippen molar-refractivity contribution in [1.29, 1.82) is 0 Å². The van der Waals surface area contributed by atoms with Crippen molar-refractivity contribution in [3.8, 4) is 0 Å². The Morgan fingerprint density at radius 1 is 1.19 bits per heavy atom. The number of sulfone groups is 1. The normalized spacial score (nSPS) is 12.6. The molecule has 0 saturated heterocycles. The average Bonchev–Trinajstić information content (AvgIpc) is 2.63. The molecule has 0 radical (unpaired) electrons. The maximum absolute atomic E-state index is 11.9. The van der Waals surface area contributed by atoms with Crippen molar-refractivity contribution in [2.24, 2.45) is 0 Å². The zero-order chi connectivity index (χ0) is 16.2. The molecule has 0 saturated carbocycles. The van der Waals surface area contributed by atoms with Crippen LogP contribution in [0.2, 0.25) is 0 Å². The van der Waals surface area contributed by atoms with E-state index >= 15 is 0 Å². The SMILES string of the molecule is Cc1nn(CCS(=O)(=O)C(C)C)c(C)c1CCNC(C)C. The number of rotatable bonds is 8. The molecule has 6 heteroatoms. The quantitative estimate of drug-likeness (QED) is 0.795. The summed E-state index contributed by atoms with van der Waals surface area (Å²) in [4.78, 5) is 0. The molecule has 1 aromatic rings. The number of hydrogen-bond acceptors (Lipinski definition) is 4. The van der Waals surface area contributed by atoms with E-state index in [9.17, 15) is 8.42 Å². The van der Waals surface area contributed by atoms with Crippen molar-refractivity contribution >= 4 is 9.84 Å². The molecule has 1 aromatic heterocycles. The Balaban J connectivity index is 2.73. The summed E-state index contributed by atoms with van der Waals surface area (Å²) in [6.45, 7) is 13.1. The summed E-state index contributed by atoms with van der Waals surface area (Å²) in [5.74, 6) is 0.149. The maximum Gasteiger partial charge on any atom is 0.154 e. The fourth-order valence-electron chi connectivity index (χ4n) is 2.25. The third kappa shape index (κ3) is 5.11. The van der Waals surface area contributed by atoms with Crippen LogP contribution in [0.15, 0.2) is 0 Å².